The summed E-state index contributed by atoms with van der Waals surface area (Å²) in [7, 11) is 0. The second-order valence-corrected chi connectivity index (χ2v) is 7.08. The molecule has 1 heterocycles. The first-order valence-corrected chi connectivity index (χ1v) is 9.38. The molecule has 0 amide bonds. The lowest BCUT2D eigenvalue weighted by Crippen LogP contribution is -2.46. The molecule has 1 aliphatic rings. The number of para-hydroxylation sites is 2. The summed E-state index contributed by atoms with van der Waals surface area (Å²) in [6.07, 6.45) is 4.46. The van der Waals surface area contributed by atoms with Crippen molar-refractivity contribution in [3.8, 4) is 11.5 Å². The maximum absolute atomic E-state index is 6.24. The second-order valence-electron chi connectivity index (χ2n) is 7.08. The van der Waals surface area contributed by atoms with Crippen LogP contribution in [0.2, 0.25) is 0 Å². The van der Waals surface area contributed by atoms with Crippen molar-refractivity contribution >= 4 is 0 Å². The van der Waals surface area contributed by atoms with Crippen molar-refractivity contribution < 1.29 is 9.47 Å². The number of hydrogen-bond donors (Lipinski definition) is 0. The molecule has 0 radical (unpaired) electrons. The first-order chi connectivity index (χ1) is 12.2. The van der Waals surface area contributed by atoms with Crippen molar-refractivity contribution in [3.63, 3.8) is 0 Å². The van der Waals surface area contributed by atoms with Gasteiger partial charge < -0.3 is 14.4 Å². The van der Waals surface area contributed by atoms with E-state index < -0.39 is 0 Å². The van der Waals surface area contributed by atoms with Crippen molar-refractivity contribution in [1.82, 2.24) is 4.90 Å². The van der Waals surface area contributed by atoms with E-state index in [9.17, 15) is 0 Å². The number of benzene rings is 2. The van der Waals surface area contributed by atoms with Crippen LogP contribution in [0.5, 0.6) is 11.5 Å². The monoisotopic (exact) mass is 339 g/mol. The fourth-order valence-electron chi connectivity index (χ4n) is 3.27. The van der Waals surface area contributed by atoms with E-state index in [2.05, 4.69) is 11.8 Å². The summed E-state index contributed by atoms with van der Waals surface area (Å²) in [5, 5.41) is 0. The zero-order chi connectivity index (χ0) is 17.4. The number of piperidine rings is 1. The summed E-state index contributed by atoms with van der Waals surface area (Å²) in [6.45, 7) is 6.42. The summed E-state index contributed by atoms with van der Waals surface area (Å²) >= 11 is 0. The van der Waals surface area contributed by atoms with Crippen molar-refractivity contribution in [3.05, 3.63) is 60.7 Å². The van der Waals surface area contributed by atoms with Gasteiger partial charge in [0.05, 0.1) is 6.61 Å². The van der Waals surface area contributed by atoms with Crippen molar-refractivity contribution in [1.29, 1.82) is 0 Å². The highest BCUT2D eigenvalue weighted by Crippen LogP contribution is 2.28. The van der Waals surface area contributed by atoms with E-state index in [1.54, 1.807) is 0 Å². The van der Waals surface area contributed by atoms with Gasteiger partial charge >= 0.3 is 0 Å². The normalized spacial score (nSPS) is 17.2. The van der Waals surface area contributed by atoms with Gasteiger partial charge in [0.25, 0.3) is 0 Å². The van der Waals surface area contributed by atoms with E-state index in [1.165, 1.54) is 6.42 Å². The average Bonchev–Trinajstić information content (AvgIpc) is 2.65. The third kappa shape index (κ3) is 5.79. The van der Waals surface area contributed by atoms with Crippen LogP contribution in [-0.2, 0) is 0 Å². The molecule has 0 spiro atoms. The second kappa shape index (κ2) is 8.91. The Kier molecular flexibility index (Phi) is 6.35. The molecule has 2 aromatic rings. The van der Waals surface area contributed by atoms with E-state index in [0.717, 1.165) is 57.0 Å². The van der Waals surface area contributed by atoms with Gasteiger partial charge in [0, 0.05) is 13.1 Å². The molecule has 0 aliphatic carbocycles. The number of nitrogens with zero attached hydrogens (tertiary/aromatic N) is 1. The highest BCUT2D eigenvalue weighted by molar-refractivity contribution is 5.22. The molecule has 3 heteroatoms. The predicted octanol–water partition coefficient (Wildman–Crippen LogP) is 4.78. The Morgan fingerprint density at radius 2 is 1.44 bits per heavy atom. The number of ether oxygens (including phenoxy) is 2. The molecule has 25 heavy (non-hydrogen) atoms. The average molecular weight is 339 g/mol. The summed E-state index contributed by atoms with van der Waals surface area (Å²) < 4.78 is 12.0. The first kappa shape index (κ1) is 17.8. The molecule has 3 nitrogen and oxygen atoms in total. The van der Waals surface area contributed by atoms with Crippen LogP contribution in [-0.4, -0.2) is 36.7 Å². The molecule has 1 fully saturated rings. The van der Waals surface area contributed by atoms with Gasteiger partial charge in [0.1, 0.15) is 17.1 Å². The molecule has 1 aliphatic heterocycles. The quantitative estimate of drug-likeness (QED) is 0.646. The number of hydrogen-bond acceptors (Lipinski definition) is 3. The molecule has 0 unspecified atom stereocenters. The Balaban J connectivity index is 1.31. The van der Waals surface area contributed by atoms with Crippen molar-refractivity contribution in [2.45, 2.75) is 38.2 Å². The highest BCUT2D eigenvalue weighted by atomic mass is 16.5. The smallest absolute Gasteiger partial charge is 0.120 e. The lowest BCUT2D eigenvalue weighted by molar-refractivity contribution is 0.0161. The molecular weight excluding hydrogens is 310 g/mol. The van der Waals surface area contributed by atoms with E-state index in [1.807, 2.05) is 60.7 Å². The Hall–Kier alpha value is -2.00. The molecule has 1 saturated heterocycles. The van der Waals surface area contributed by atoms with Crippen LogP contribution in [0.25, 0.3) is 0 Å². The van der Waals surface area contributed by atoms with Crippen LogP contribution in [0.3, 0.4) is 0 Å². The molecule has 3 rings (SSSR count). The van der Waals surface area contributed by atoms with Crippen molar-refractivity contribution in [2.24, 2.45) is 0 Å². The first-order valence-electron chi connectivity index (χ1n) is 9.38. The van der Waals surface area contributed by atoms with Crippen LogP contribution in [0.15, 0.2) is 60.7 Å². The fourth-order valence-corrected chi connectivity index (χ4v) is 3.27. The molecule has 0 atom stereocenters. The topological polar surface area (TPSA) is 21.7 Å². The standard InChI is InChI=1S/C22H29NO2/c1-22(25-21-12-6-3-7-13-21)14-17-23(18-15-22)16-8-9-19-24-20-10-4-2-5-11-20/h2-7,10-13H,8-9,14-19H2,1H3. The Bertz CT molecular complexity index is 606. The SMILES string of the molecule is CC1(Oc2ccccc2)CCN(CCCCOc2ccccc2)CC1. The van der Waals surface area contributed by atoms with E-state index >= 15 is 0 Å². The predicted molar refractivity (Wildman–Crippen MR) is 102 cm³/mol. The van der Waals surface area contributed by atoms with Gasteiger partial charge in [-0.2, -0.15) is 0 Å². The molecular formula is C22H29NO2. The lowest BCUT2D eigenvalue weighted by atomic mass is 9.93. The zero-order valence-corrected chi connectivity index (χ0v) is 15.2. The van der Waals surface area contributed by atoms with Crippen LogP contribution in [0, 0.1) is 0 Å². The Labute approximate surface area is 151 Å². The van der Waals surface area contributed by atoms with Gasteiger partial charge in [-0.05, 0) is 63.4 Å². The van der Waals surface area contributed by atoms with Crippen LogP contribution in [0.1, 0.15) is 32.6 Å². The minimum absolute atomic E-state index is 0.0335. The number of unbranched alkanes of at least 4 members (excludes halogenated alkanes) is 1. The van der Waals surface area contributed by atoms with Crippen LogP contribution >= 0.6 is 0 Å². The maximum Gasteiger partial charge on any atom is 0.120 e. The summed E-state index contributed by atoms with van der Waals surface area (Å²) in [6, 6.07) is 20.2. The van der Waals surface area contributed by atoms with Gasteiger partial charge in [-0.15, -0.1) is 0 Å². The molecule has 2 aromatic carbocycles. The lowest BCUT2D eigenvalue weighted by Gasteiger charge is -2.39. The Morgan fingerprint density at radius 1 is 0.840 bits per heavy atom. The van der Waals surface area contributed by atoms with E-state index in [4.69, 9.17) is 9.47 Å². The largest absolute Gasteiger partial charge is 0.494 e. The molecule has 0 bridgehead atoms. The third-order valence-corrected chi connectivity index (χ3v) is 4.90. The molecule has 0 N–H and O–H groups in total. The van der Waals surface area contributed by atoms with E-state index in [-0.39, 0.29) is 5.60 Å². The van der Waals surface area contributed by atoms with Gasteiger partial charge in [-0.3, -0.25) is 0 Å². The fraction of sp³-hybridized carbons (Fsp3) is 0.455. The number of rotatable bonds is 8. The van der Waals surface area contributed by atoms with Crippen LogP contribution in [0.4, 0.5) is 0 Å². The van der Waals surface area contributed by atoms with Crippen molar-refractivity contribution in [2.75, 3.05) is 26.2 Å². The highest BCUT2D eigenvalue weighted by Gasteiger charge is 2.31. The van der Waals surface area contributed by atoms with Gasteiger partial charge in [-0.1, -0.05) is 36.4 Å². The van der Waals surface area contributed by atoms with E-state index in [0.29, 0.717) is 0 Å². The summed E-state index contributed by atoms with van der Waals surface area (Å²) in [4.78, 5) is 2.55. The molecule has 0 saturated carbocycles. The summed E-state index contributed by atoms with van der Waals surface area (Å²) in [5.41, 5.74) is -0.0335. The minimum atomic E-state index is -0.0335. The maximum atomic E-state index is 6.24. The molecule has 0 aromatic heterocycles. The number of likely N-dealkylation sites (tertiary alicyclic amines) is 1. The summed E-state index contributed by atoms with van der Waals surface area (Å²) in [5.74, 6) is 1.95. The minimum Gasteiger partial charge on any atom is -0.494 e. The zero-order valence-electron chi connectivity index (χ0n) is 15.2. The van der Waals surface area contributed by atoms with Gasteiger partial charge in [-0.25, -0.2) is 0 Å². The third-order valence-electron chi connectivity index (χ3n) is 4.90. The van der Waals surface area contributed by atoms with Gasteiger partial charge in [0.15, 0.2) is 0 Å². The molecule has 134 valence electrons. The van der Waals surface area contributed by atoms with Crippen LogP contribution < -0.4 is 9.47 Å². The Morgan fingerprint density at radius 3 is 2.08 bits per heavy atom. The van der Waals surface area contributed by atoms with Gasteiger partial charge in [0.2, 0.25) is 0 Å².